The van der Waals surface area contributed by atoms with Crippen LogP contribution in [0.2, 0.25) is 5.02 Å². The van der Waals surface area contributed by atoms with Gasteiger partial charge in [0, 0.05) is 45.7 Å². The van der Waals surface area contributed by atoms with Crippen LogP contribution in [0.4, 0.5) is 5.13 Å². The first-order chi connectivity index (χ1) is 12.2. The van der Waals surface area contributed by atoms with Crippen LogP contribution in [0.25, 0.3) is 22.2 Å². The first-order valence-electron chi connectivity index (χ1n) is 7.75. The highest BCUT2D eigenvalue weighted by molar-refractivity contribution is 7.14. The molecular formula is C19H15ClN4S. The van der Waals surface area contributed by atoms with Gasteiger partial charge in [0.05, 0.1) is 11.9 Å². The molecule has 0 aliphatic heterocycles. The van der Waals surface area contributed by atoms with Gasteiger partial charge in [-0.2, -0.15) is 5.10 Å². The minimum absolute atomic E-state index is 0.719. The molecule has 0 fully saturated rings. The topological polar surface area (TPSA) is 42.2 Å². The molecule has 2 aromatic heterocycles. The molecule has 0 radical (unpaired) electrons. The van der Waals surface area contributed by atoms with E-state index < -0.39 is 0 Å². The van der Waals surface area contributed by atoms with Crippen molar-refractivity contribution in [2.75, 3.05) is 5.43 Å². The Kier molecular flexibility index (Phi) is 4.26. The zero-order valence-electron chi connectivity index (χ0n) is 13.5. The smallest absolute Gasteiger partial charge is 0.203 e. The Balaban J connectivity index is 1.51. The largest absolute Gasteiger partial charge is 0.350 e. The van der Waals surface area contributed by atoms with E-state index in [0.29, 0.717) is 0 Å². The van der Waals surface area contributed by atoms with Crippen molar-refractivity contribution < 1.29 is 0 Å². The molecule has 0 unspecified atom stereocenters. The van der Waals surface area contributed by atoms with Crippen LogP contribution >= 0.6 is 22.9 Å². The molecule has 0 spiro atoms. The fourth-order valence-electron chi connectivity index (χ4n) is 2.71. The molecule has 4 aromatic rings. The summed E-state index contributed by atoms with van der Waals surface area (Å²) in [6, 6.07) is 15.9. The summed E-state index contributed by atoms with van der Waals surface area (Å²) in [6.07, 6.45) is 3.89. The average Bonchev–Trinajstić information content (AvgIpc) is 3.22. The summed E-state index contributed by atoms with van der Waals surface area (Å²) in [5.74, 6) is 0. The minimum atomic E-state index is 0.719. The van der Waals surface area contributed by atoms with Crippen LogP contribution in [0.15, 0.2) is 65.2 Å². The lowest BCUT2D eigenvalue weighted by Gasteiger charge is -1.96. The maximum absolute atomic E-state index is 5.92. The number of halogens is 1. The summed E-state index contributed by atoms with van der Waals surface area (Å²) < 4.78 is 2.10. The number of fused-ring (bicyclic) bond motifs is 1. The van der Waals surface area contributed by atoms with Gasteiger partial charge < -0.3 is 4.57 Å². The van der Waals surface area contributed by atoms with Gasteiger partial charge in [-0.3, -0.25) is 5.43 Å². The number of aromatic nitrogens is 2. The van der Waals surface area contributed by atoms with E-state index in [1.807, 2.05) is 55.0 Å². The van der Waals surface area contributed by atoms with Crippen LogP contribution in [-0.2, 0) is 7.05 Å². The standard InChI is InChI=1S/C19H15ClN4S/c1-24-11-14(16-4-2-3-5-18(16)24)10-21-23-19-22-17(12-25-19)13-6-8-15(20)9-7-13/h2-12H,1H3,(H,22,23)/b21-10-. The zero-order chi connectivity index (χ0) is 17.2. The first-order valence-corrected chi connectivity index (χ1v) is 9.01. The Bertz CT molecular complexity index is 1050. The van der Waals surface area contributed by atoms with Crippen LogP contribution in [0.1, 0.15) is 5.56 Å². The highest BCUT2D eigenvalue weighted by Gasteiger charge is 2.05. The van der Waals surface area contributed by atoms with Gasteiger partial charge in [-0.1, -0.05) is 41.9 Å². The molecule has 0 bridgehead atoms. The molecule has 0 saturated heterocycles. The summed E-state index contributed by atoms with van der Waals surface area (Å²) in [5.41, 5.74) is 7.20. The van der Waals surface area contributed by atoms with Crippen LogP contribution in [-0.4, -0.2) is 15.8 Å². The third-order valence-corrected chi connectivity index (χ3v) is 4.93. The van der Waals surface area contributed by atoms with Crippen LogP contribution in [0.5, 0.6) is 0 Å². The van der Waals surface area contributed by atoms with Crippen molar-refractivity contribution in [1.82, 2.24) is 9.55 Å². The van der Waals surface area contributed by atoms with Crippen molar-refractivity contribution in [3.63, 3.8) is 0 Å². The Hall–Kier alpha value is -2.63. The maximum atomic E-state index is 5.92. The fourth-order valence-corrected chi connectivity index (χ4v) is 3.51. The van der Waals surface area contributed by atoms with Gasteiger partial charge in [0.1, 0.15) is 0 Å². The molecule has 2 heterocycles. The number of hydrazone groups is 1. The molecule has 0 atom stereocenters. The summed E-state index contributed by atoms with van der Waals surface area (Å²) in [5, 5.41) is 8.98. The number of nitrogens with zero attached hydrogens (tertiary/aromatic N) is 3. The van der Waals surface area contributed by atoms with E-state index in [2.05, 4.69) is 38.4 Å². The Morgan fingerprint density at radius 1 is 1.16 bits per heavy atom. The van der Waals surface area contributed by atoms with Crippen LogP contribution in [0, 0.1) is 0 Å². The van der Waals surface area contributed by atoms with Crippen molar-refractivity contribution in [3.05, 3.63) is 70.7 Å². The number of nitrogens with one attached hydrogen (secondary N) is 1. The molecule has 0 aliphatic carbocycles. The molecular weight excluding hydrogens is 352 g/mol. The predicted octanol–water partition coefficient (Wildman–Crippen LogP) is 5.40. The van der Waals surface area contributed by atoms with Crippen molar-refractivity contribution in [2.24, 2.45) is 12.1 Å². The molecule has 124 valence electrons. The average molecular weight is 367 g/mol. The summed E-state index contributed by atoms with van der Waals surface area (Å²) in [7, 11) is 2.03. The molecule has 0 saturated carbocycles. The number of anilines is 1. The number of para-hydroxylation sites is 1. The molecule has 6 heteroatoms. The highest BCUT2D eigenvalue weighted by atomic mass is 35.5. The van der Waals surface area contributed by atoms with E-state index >= 15 is 0 Å². The lowest BCUT2D eigenvalue weighted by molar-refractivity contribution is 0.968. The Morgan fingerprint density at radius 3 is 2.80 bits per heavy atom. The van der Waals surface area contributed by atoms with Gasteiger partial charge in [-0.05, 0) is 18.2 Å². The monoisotopic (exact) mass is 366 g/mol. The molecule has 4 nitrogen and oxygen atoms in total. The van der Waals surface area contributed by atoms with Crippen molar-refractivity contribution >= 4 is 45.2 Å². The highest BCUT2D eigenvalue weighted by Crippen LogP contribution is 2.26. The van der Waals surface area contributed by atoms with Gasteiger partial charge >= 0.3 is 0 Å². The first kappa shape index (κ1) is 15.9. The van der Waals surface area contributed by atoms with Crippen LogP contribution in [0.3, 0.4) is 0 Å². The van der Waals surface area contributed by atoms with Crippen molar-refractivity contribution in [2.45, 2.75) is 0 Å². The molecule has 2 aromatic carbocycles. The second-order valence-corrected chi connectivity index (χ2v) is 6.92. The third-order valence-electron chi connectivity index (χ3n) is 3.94. The van der Waals surface area contributed by atoms with Gasteiger partial charge in [-0.15, -0.1) is 11.3 Å². The number of hydrogen-bond donors (Lipinski definition) is 1. The Labute approximate surface area is 154 Å². The molecule has 0 aliphatic rings. The van der Waals surface area contributed by atoms with E-state index in [4.69, 9.17) is 11.6 Å². The minimum Gasteiger partial charge on any atom is -0.350 e. The van der Waals surface area contributed by atoms with E-state index in [1.54, 1.807) is 0 Å². The second-order valence-electron chi connectivity index (χ2n) is 5.63. The summed E-state index contributed by atoms with van der Waals surface area (Å²) in [6.45, 7) is 0. The normalized spacial score (nSPS) is 11.4. The summed E-state index contributed by atoms with van der Waals surface area (Å²) >= 11 is 7.44. The van der Waals surface area contributed by atoms with Crippen molar-refractivity contribution in [1.29, 1.82) is 0 Å². The quantitative estimate of drug-likeness (QED) is 0.388. The SMILES string of the molecule is Cn1cc(/C=N\Nc2nc(-c3ccc(Cl)cc3)cs2)c2ccccc21. The van der Waals surface area contributed by atoms with E-state index in [1.165, 1.54) is 22.2 Å². The number of benzene rings is 2. The molecule has 25 heavy (non-hydrogen) atoms. The molecule has 0 amide bonds. The lowest BCUT2D eigenvalue weighted by Crippen LogP contribution is -1.89. The van der Waals surface area contributed by atoms with E-state index in [0.717, 1.165) is 27.0 Å². The lowest BCUT2D eigenvalue weighted by atomic mass is 10.2. The third kappa shape index (κ3) is 3.29. The van der Waals surface area contributed by atoms with Gasteiger partial charge in [0.2, 0.25) is 5.13 Å². The van der Waals surface area contributed by atoms with Crippen LogP contribution < -0.4 is 5.43 Å². The van der Waals surface area contributed by atoms with E-state index in [9.17, 15) is 0 Å². The maximum Gasteiger partial charge on any atom is 0.203 e. The summed E-state index contributed by atoms with van der Waals surface area (Å²) in [4.78, 5) is 4.55. The van der Waals surface area contributed by atoms with Crippen molar-refractivity contribution in [3.8, 4) is 11.3 Å². The predicted molar refractivity (Wildman–Crippen MR) is 107 cm³/mol. The second kappa shape index (κ2) is 6.70. The van der Waals surface area contributed by atoms with E-state index in [-0.39, 0.29) is 0 Å². The fraction of sp³-hybridized carbons (Fsp3) is 0.0526. The number of aryl methyl sites for hydroxylation is 1. The molecule has 4 rings (SSSR count). The van der Waals surface area contributed by atoms with Gasteiger partial charge in [0.15, 0.2) is 0 Å². The Morgan fingerprint density at radius 2 is 1.96 bits per heavy atom. The van der Waals surface area contributed by atoms with Gasteiger partial charge in [-0.25, -0.2) is 4.98 Å². The number of rotatable bonds is 4. The molecule has 1 N–H and O–H groups in total. The number of hydrogen-bond acceptors (Lipinski definition) is 4. The number of thiazole rings is 1. The van der Waals surface area contributed by atoms with Gasteiger partial charge in [0.25, 0.3) is 0 Å². The zero-order valence-corrected chi connectivity index (χ0v) is 15.1.